The van der Waals surface area contributed by atoms with Crippen LogP contribution >= 0.6 is 0 Å². The van der Waals surface area contributed by atoms with Crippen molar-refractivity contribution >= 4 is 6.09 Å². The summed E-state index contributed by atoms with van der Waals surface area (Å²) in [7, 11) is 1.59. The minimum absolute atomic E-state index is 0.223. The van der Waals surface area contributed by atoms with Gasteiger partial charge in [0, 0.05) is 25.1 Å². The number of carbonyl (C=O) groups is 1. The van der Waals surface area contributed by atoms with Gasteiger partial charge in [-0.05, 0) is 74.0 Å². The maximum Gasteiger partial charge on any atom is 0.415 e. The molecule has 1 amide bonds. The summed E-state index contributed by atoms with van der Waals surface area (Å²) >= 11 is 0. The lowest BCUT2D eigenvalue weighted by Gasteiger charge is -2.20. The number of oxazole rings is 1. The van der Waals surface area contributed by atoms with Crippen molar-refractivity contribution in [1.82, 2.24) is 9.88 Å². The molecule has 0 atom stereocenters. The molecule has 9 heteroatoms. The maximum absolute atomic E-state index is 12.6. The van der Waals surface area contributed by atoms with Crippen molar-refractivity contribution in [3.8, 4) is 40.2 Å². The standard InChI is InChI=1S/C30H30N2O7/c1-4-32(30(33)39-25-12-10-23(34-3)11-13-25)18-21-5-8-24(9-6-21)35-16-15-26-20(2)38-29(31-26)22-7-14-27-28(17-22)37-19-36-27/h5-14,17H,4,15-16,18-19H2,1-3H3. The fourth-order valence-electron chi connectivity index (χ4n) is 4.10. The molecule has 202 valence electrons. The van der Waals surface area contributed by atoms with Crippen molar-refractivity contribution in [2.24, 2.45) is 0 Å². The molecule has 3 aromatic carbocycles. The van der Waals surface area contributed by atoms with Crippen LogP contribution in [0, 0.1) is 6.92 Å². The van der Waals surface area contributed by atoms with Crippen LogP contribution in [-0.4, -0.2) is 43.0 Å². The van der Waals surface area contributed by atoms with Crippen LogP contribution in [0.3, 0.4) is 0 Å². The molecule has 2 heterocycles. The van der Waals surface area contributed by atoms with E-state index in [-0.39, 0.29) is 6.79 Å². The molecule has 4 aromatic rings. The third-order valence-corrected chi connectivity index (χ3v) is 6.32. The molecule has 0 bridgehead atoms. The highest BCUT2D eigenvalue weighted by molar-refractivity contribution is 5.70. The lowest BCUT2D eigenvalue weighted by molar-refractivity contribution is 0.152. The van der Waals surface area contributed by atoms with Crippen molar-refractivity contribution in [2.45, 2.75) is 26.8 Å². The van der Waals surface area contributed by atoms with Crippen LogP contribution in [0.1, 0.15) is 23.9 Å². The summed E-state index contributed by atoms with van der Waals surface area (Å²) in [5.41, 5.74) is 2.64. The molecule has 0 radical (unpaired) electrons. The van der Waals surface area contributed by atoms with E-state index in [9.17, 15) is 4.79 Å². The fraction of sp³-hybridized carbons (Fsp3) is 0.267. The van der Waals surface area contributed by atoms with Crippen molar-refractivity contribution in [3.63, 3.8) is 0 Å². The molecule has 1 aliphatic rings. The minimum atomic E-state index is -0.411. The van der Waals surface area contributed by atoms with E-state index >= 15 is 0 Å². The number of amides is 1. The number of hydrogen-bond acceptors (Lipinski definition) is 8. The number of nitrogens with zero attached hydrogens (tertiary/aromatic N) is 2. The molecule has 0 spiro atoms. The highest BCUT2D eigenvalue weighted by Crippen LogP contribution is 2.36. The van der Waals surface area contributed by atoms with Gasteiger partial charge in [0.1, 0.15) is 23.0 Å². The van der Waals surface area contributed by atoms with Gasteiger partial charge in [0.2, 0.25) is 12.7 Å². The van der Waals surface area contributed by atoms with Gasteiger partial charge in [-0.1, -0.05) is 12.1 Å². The topological polar surface area (TPSA) is 92.5 Å². The van der Waals surface area contributed by atoms with Gasteiger partial charge in [0.25, 0.3) is 0 Å². The summed E-state index contributed by atoms with van der Waals surface area (Å²) in [6.45, 7) is 5.41. The Kier molecular flexibility index (Phi) is 7.86. The SMILES string of the molecule is CCN(Cc1ccc(OCCc2nc(-c3ccc4c(c3)OCO4)oc2C)cc1)C(=O)Oc1ccc(OC)cc1. The maximum atomic E-state index is 12.6. The van der Waals surface area contributed by atoms with Gasteiger partial charge in [-0.3, -0.25) is 0 Å². The fourth-order valence-corrected chi connectivity index (χ4v) is 4.10. The van der Waals surface area contributed by atoms with E-state index in [4.69, 9.17) is 28.1 Å². The Balaban J connectivity index is 1.12. The summed E-state index contributed by atoms with van der Waals surface area (Å²) in [5.74, 6) is 4.60. The Morgan fingerprint density at radius 2 is 1.67 bits per heavy atom. The predicted octanol–water partition coefficient (Wildman–Crippen LogP) is 6.03. The molecule has 0 aliphatic carbocycles. The molecule has 9 nitrogen and oxygen atoms in total. The van der Waals surface area contributed by atoms with E-state index in [0.717, 1.165) is 34.1 Å². The van der Waals surface area contributed by atoms with Crippen LogP contribution in [0.4, 0.5) is 4.79 Å². The average molecular weight is 531 g/mol. The first-order chi connectivity index (χ1) is 19.0. The molecule has 0 unspecified atom stereocenters. The van der Waals surface area contributed by atoms with E-state index in [1.54, 1.807) is 36.3 Å². The number of rotatable bonds is 10. The smallest absolute Gasteiger partial charge is 0.415 e. The van der Waals surface area contributed by atoms with Gasteiger partial charge in [-0.2, -0.15) is 0 Å². The highest BCUT2D eigenvalue weighted by Gasteiger charge is 2.18. The van der Waals surface area contributed by atoms with E-state index in [0.29, 0.717) is 49.3 Å². The highest BCUT2D eigenvalue weighted by atomic mass is 16.7. The van der Waals surface area contributed by atoms with Crippen molar-refractivity contribution in [1.29, 1.82) is 0 Å². The summed E-state index contributed by atoms with van der Waals surface area (Å²) in [5, 5.41) is 0. The first-order valence-corrected chi connectivity index (χ1v) is 12.7. The number of carbonyl (C=O) groups excluding carboxylic acids is 1. The molecule has 1 aliphatic heterocycles. The largest absolute Gasteiger partial charge is 0.497 e. The van der Waals surface area contributed by atoms with Crippen LogP contribution in [0.2, 0.25) is 0 Å². The molecule has 0 saturated heterocycles. The van der Waals surface area contributed by atoms with E-state index in [2.05, 4.69) is 4.98 Å². The molecule has 0 saturated carbocycles. The lowest BCUT2D eigenvalue weighted by Crippen LogP contribution is -2.32. The normalized spacial score (nSPS) is 11.8. The van der Waals surface area contributed by atoms with Gasteiger partial charge < -0.3 is 33.0 Å². The van der Waals surface area contributed by atoms with E-state index < -0.39 is 6.09 Å². The van der Waals surface area contributed by atoms with Gasteiger partial charge >= 0.3 is 6.09 Å². The number of aromatic nitrogens is 1. The molecule has 39 heavy (non-hydrogen) atoms. The van der Waals surface area contributed by atoms with Crippen molar-refractivity contribution in [3.05, 3.63) is 83.7 Å². The number of hydrogen-bond donors (Lipinski definition) is 0. The van der Waals surface area contributed by atoms with E-state index in [1.165, 1.54) is 0 Å². The van der Waals surface area contributed by atoms with Crippen LogP contribution in [0.5, 0.6) is 28.7 Å². The second-order valence-corrected chi connectivity index (χ2v) is 8.89. The number of fused-ring (bicyclic) bond motifs is 1. The van der Waals surface area contributed by atoms with Gasteiger partial charge in [-0.15, -0.1) is 0 Å². The van der Waals surface area contributed by atoms with Crippen molar-refractivity contribution in [2.75, 3.05) is 27.1 Å². The van der Waals surface area contributed by atoms with E-state index in [1.807, 2.05) is 56.3 Å². The quantitative estimate of drug-likeness (QED) is 0.245. The Bertz CT molecular complexity index is 1410. The Hall–Kier alpha value is -4.66. The molecule has 1 aromatic heterocycles. The zero-order valence-electron chi connectivity index (χ0n) is 22.1. The summed E-state index contributed by atoms with van der Waals surface area (Å²) in [6.07, 6.45) is 0.189. The molecular weight excluding hydrogens is 500 g/mol. The monoisotopic (exact) mass is 530 g/mol. The molecule has 5 rings (SSSR count). The lowest BCUT2D eigenvalue weighted by atomic mass is 10.2. The Labute approximate surface area is 226 Å². The first-order valence-electron chi connectivity index (χ1n) is 12.7. The number of methoxy groups -OCH3 is 1. The molecule has 0 N–H and O–H groups in total. The van der Waals surface area contributed by atoms with Gasteiger partial charge in [0.15, 0.2) is 11.5 Å². The Morgan fingerprint density at radius 1 is 0.949 bits per heavy atom. The van der Waals surface area contributed by atoms with Gasteiger partial charge in [0.05, 0.1) is 19.4 Å². The van der Waals surface area contributed by atoms with Crippen LogP contribution in [0.15, 0.2) is 71.1 Å². The van der Waals surface area contributed by atoms with Crippen LogP contribution in [-0.2, 0) is 13.0 Å². The third-order valence-electron chi connectivity index (χ3n) is 6.32. The average Bonchev–Trinajstić information content (AvgIpc) is 3.58. The summed E-state index contributed by atoms with van der Waals surface area (Å²) < 4.78 is 33.3. The summed E-state index contributed by atoms with van der Waals surface area (Å²) in [4.78, 5) is 18.9. The minimum Gasteiger partial charge on any atom is -0.497 e. The second-order valence-electron chi connectivity index (χ2n) is 8.89. The zero-order chi connectivity index (χ0) is 27.2. The molecule has 0 fully saturated rings. The summed E-state index contributed by atoms with van der Waals surface area (Å²) in [6, 6.07) is 20.2. The van der Waals surface area contributed by atoms with Crippen molar-refractivity contribution < 1.29 is 32.9 Å². The number of aryl methyl sites for hydroxylation is 1. The predicted molar refractivity (Wildman–Crippen MR) is 144 cm³/mol. The Morgan fingerprint density at radius 3 is 2.41 bits per heavy atom. The third kappa shape index (κ3) is 6.26. The first kappa shape index (κ1) is 26.0. The number of benzene rings is 3. The van der Waals surface area contributed by atoms with Crippen LogP contribution < -0.4 is 23.7 Å². The van der Waals surface area contributed by atoms with Gasteiger partial charge in [-0.25, -0.2) is 9.78 Å². The second kappa shape index (κ2) is 11.8. The zero-order valence-corrected chi connectivity index (χ0v) is 22.1. The molecular formula is C30H30N2O7. The van der Waals surface area contributed by atoms with Crippen LogP contribution in [0.25, 0.3) is 11.5 Å². The number of ether oxygens (including phenoxy) is 5.